The van der Waals surface area contributed by atoms with Crippen LogP contribution in [0, 0.1) is 6.92 Å². The Labute approximate surface area is 98.8 Å². The highest BCUT2D eigenvalue weighted by Crippen LogP contribution is 2.04. The number of aryl methyl sites for hydroxylation is 1. The van der Waals surface area contributed by atoms with E-state index in [-0.39, 0.29) is 5.91 Å². The van der Waals surface area contributed by atoms with Crippen molar-refractivity contribution < 1.29 is 9.32 Å². The van der Waals surface area contributed by atoms with Gasteiger partial charge in [-0.25, -0.2) is 5.43 Å². The molecular formula is C12H13N3O2. The molecular weight excluding hydrogens is 218 g/mol. The van der Waals surface area contributed by atoms with Gasteiger partial charge in [-0.3, -0.25) is 10.2 Å². The van der Waals surface area contributed by atoms with Gasteiger partial charge < -0.3 is 4.52 Å². The van der Waals surface area contributed by atoms with Crippen molar-refractivity contribution in [1.82, 2.24) is 16.0 Å². The first-order valence-electron chi connectivity index (χ1n) is 5.26. The lowest BCUT2D eigenvalue weighted by atomic mass is 10.2. The standard InChI is InChI=1S/C12H13N3O2/c1-9-11(8-14-17-9)12(16)15-13-7-10-5-3-2-4-6-10/h2-6,8,13H,7H2,1H3,(H,15,16). The Bertz CT molecular complexity index is 493. The van der Waals surface area contributed by atoms with Gasteiger partial charge >= 0.3 is 0 Å². The summed E-state index contributed by atoms with van der Waals surface area (Å²) in [6, 6.07) is 9.79. The molecule has 0 saturated carbocycles. The fraction of sp³-hybridized carbons (Fsp3) is 0.167. The molecule has 2 aromatic rings. The Morgan fingerprint density at radius 2 is 2.12 bits per heavy atom. The van der Waals surface area contributed by atoms with Crippen LogP contribution in [0.5, 0.6) is 0 Å². The number of amides is 1. The minimum Gasteiger partial charge on any atom is -0.361 e. The number of benzene rings is 1. The number of hydrogen-bond acceptors (Lipinski definition) is 4. The Morgan fingerprint density at radius 1 is 1.35 bits per heavy atom. The molecule has 0 unspecified atom stereocenters. The van der Waals surface area contributed by atoms with Gasteiger partial charge in [-0.1, -0.05) is 35.5 Å². The fourth-order valence-electron chi connectivity index (χ4n) is 1.41. The molecule has 17 heavy (non-hydrogen) atoms. The summed E-state index contributed by atoms with van der Waals surface area (Å²) in [5.41, 5.74) is 6.96. The van der Waals surface area contributed by atoms with Gasteiger partial charge in [0, 0.05) is 6.54 Å². The van der Waals surface area contributed by atoms with E-state index in [0.29, 0.717) is 17.9 Å². The van der Waals surface area contributed by atoms with Gasteiger partial charge in [-0.15, -0.1) is 0 Å². The van der Waals surface area contributed by atoms with Crippen molar-refractivity contribution in [3.63, 3.8) is 0 Å². The summed E-state index contributed by atoms with van der Waals surface area (Å²) >= 11 is 0. The van der Waals surface area contributed by atoms with Gasteiger partial charge in [0.05, 0.1) is 6.20 Å². The minimum absolute atomic E-state index is 0.250. The van der Waals surface area contributed by atoms with E-state index in [0.717, 1.165) is 5.56 Å². The van der Waals surface area contributed by atoms with Crippen LogP contribution < -0.4 is 10.9 Å². The monoisotopic (exact) mass is 231 g/mol. The van der Waals surface area contributed by atoms with Gasteiger partial charge in [0.25, 0.3) is 5.91 Å². The lowest BCUT2D eigenvalue weighted by Gasteiger charge is -2.05. The van der Waals surface area contributed by atoms with Crippen molar-refractivity contribution >= 4 is 5.91 Å². The van der Waals surface area contributed by atoms with E-state index in [4.69, 9.17) is 4.52 Å². The van der Waals surface area contributed by atoms with Gasteiger partial charge in [0.2, 0.25) is 0 Å². The quantitative estimate of drug-likeness (QED) is 0.781. The Hall–Kier alpha value is -2.14. The zero-order valence-corrected chi connectivity index (χ0v) is 9.43. The van der Waals surface area contributed by atoms with Crippen LogP contribution in [-0.4, -0.2) is 11.1 Å². The molecule has 5 nitrogen and oxygen atoms in total. The van der Waals surface area contributed by atoms with E-state index in [2.05, 4.69) is 16.0 Å². The highest BCUT2D eigenvalue weighted by atomic mass is 16.5. The molecule has 0 fully saturated rings. The van der Waals surface area contributed by atoms with Crippen LogP contribution in [0.25, 0.3) is 0 Å². The molecule has 0 aliphatic rings. The first-order valence-corrected chi connectivity index (χ1v) is 5.26. The second-order valence-electron chi connectivity index (χ2n) is 3.59. The topological polar surface area (TPSA) is 67.2 Å². The minimum atomic E-state index is -0.250. The van der Waals surface area contributed by atoms with E-state index >= 15 is 0 Å². The van der Waals surface area contributed by atoms with E-state index < -0.39 is 0 Å². The summed E-state index contributed by atoms with van der Waals surface area (Å²) in [7, 11) is 0. The summed E-state index contributed by atoms with van der Waals surface area (Å²) in [5.74, 6) is 0.253. The van der Waals surface area contributed by atoms with Gasteiger partial charge in [-0.05, 0) is 12.5 Å². The number of hydrazine groups is 1. The Kier molecular flexibility index (Phi) is 3.52. The highest BCUT2D eigenvalue weighted by molar-refractivity contribution is 5.94. The molecule has 2 rings (SSSR count). The smallest absolute Gasteiger partial charge is 0.270 e. The summed E-state index contributed by atoms with van der Waals surface area (Å²) in [5, 5.41) is 3.55. The lowest BCUT2D eigenvalue weighted by Crippen LogP contribution is -2.36. The molecule has 0 spiro atoms. The third-order valence-corrected chi connectivity index (χ3v) is 2.33. The molecule has 0 aliphatic heterocycles. The van der Waals surface area contributed by atoms with Gasteiger partial charge in [0.15, 0.2) is 0 Å². The van der Waals surface area contributed by atoms with E-state index in [1.54, 1.807) is 6.92 Å². The molecule has 1 heterocycles. The van der Waals surface area contributed by atoms with Crippen LogP contribution in [0.3, 0.4) is 0 Å². The number of nitrogens with zero attached hydrogens (tertiary/aromatic N) is 1. The molecule has 5 heteroatoms. The van der Waals surface area contributed by atoms with Crippen LogP contribution in [0.1, 0.15) is 21.7 Å². The molecule has 0 bridgehead atoms. The van der Waals surface area contributed by atoms with E-state index in [1.165, 1.54) is 6.20 Å². The van der Waals surface area contributed by atoms with Crippen LogP contribution >= 0.6 is 0 Å². The first kappa shape index (κ1) is 11.3. The van der Waals surface area contributed by atoms with Crippen molar-refractivity contribution in [1.29, 1.82) is 0 Å². The second-order valence-corrected chi connectivity index (χ2v) is 3.59. The predicted octanol–water partition coefficient (Wildman–Crippen LogP) is 1.42. The molecule has 88 valence electrons. The first-order chi connectivity index (χ1) is 8.27. The van der Waals surface area contributed by atoms with Crippen molar-refractivity contribution in [2.24, 2.45) is 0 Å². The number of nitrogens with one attached hydrogen (secondary N) is 2. The number of aromatic nitrogens is 1. The van der Waals surface area contributed by atoms with Crippen molar-refractivity contribution in [3.8, 4) is 0 Å². The number of carbonyl (C=O) groups is 1. The molecule has 1 amide bonds. The molecule has 2 N–H and O–H groups in total. The number of rotatable bonds is 4. The van der Waals surface area contributed by atoms with Gasteiger partial charge in [0.1, 0.15) is 11.3 Å². The fourth-order valence-corrected chi connectivity index (χ4v) is 1.41. The largest absolute Gasteiger partial charge is 0.361 e. The van der Waals surface area contributed by atoms with Crippen LogP contribution in [0.15, 0.2) is 41.1 Å². The van der Waals surface area contributed by atoms with Crippen LogP contribution in [-0.2, 0) is 6.54 Å². The molecule has 0 atom stereocenters. The third-order valence-electron chi connectivity index (χ3n) is 2.33. The zero-order valence-electron chi connectivity index (χ0n) is 9.43. The number of carbonyl (C=O) groups excluding carboxylic acids is 1. The average Bonchev–Trinajstić information content (AvgIpc) is 2.77. The van der Waals surface area contributed by atoms with E-state index in [9.17, 15) is 4.79 Å². The maximum absolute atomic E-state index is 11.6. The molecule has 0 saturated heterocycles. The molecule has 0 aliphatic carbocycles. The summed E-state index contributed by atoms with van der Waals surface area (Å²) in [6.45, 7) is 2.26. The van der Waals surface area contributed by atoms with Gasteiger partial charge in [-0.2, -0.15) is 0 Å². The highest BCUT2D eigenvalue weighted by Gasteiger charge is 2.11. The maximum atomic E-state index is 11.6. The summed E-state index contributed by atoms with van der Waals surface area (Å²) < 4.78 is 4.81. The van der Waals surface area contributed by atoms with Crippen molar-refractivity contribution in [3.05, 3.63) is 53.4 Å². The third kappa shape index (κ3) is 2.92. The normalized spacial score (nSPS) is 10.2. The van der Waals surface area contributed by atoms with Crippen LogP contribution in [0.2, 0.25) is 0 Å². The summed E-state index contributed by atoms with van der Waals surface area (Å²) in [4.78, 5) is 11.6. The maximum Gasteiger partial charge on any atom is 0.270 e. The Morgan fingerprint density at radius 3 is 2.76 bits per heavy atom. The summed E-state index contributed by atoms with van der Waals surface area (Å²) in [6.07, 6.45) is 1.40. The number of hydrogen-bond donors (Lipinski definition) is 2. The average molecular weight is 231 g/mol. The second kappa shape index (κ2) is 5.27. The predicted molar refractivity (Wildman–Crippen MR) is 62.0 cm³/mol. The van der Waals surface area contributed by atoms with Crippen molar-refractivity contribution in [2.45, 2.75) is 13.5 Å². The lowest BCUT2D eigenvalue weighted by molar-refractivity contribution is 0.0930. The molecule has 1 aromatic heterocycles. The van der Waals surface area contributed by atoms with Crippen molar-refractivity contribution in [2.75, 3.05) is 0 Å². The van der Waals surface area contributed by atoms with Crippen LogP contribution in [0.4, 0.5) is 0 Å². The molecule has 1 aromatic carbocycles. The SMILES string of the molecule is Cc1oncc1C(=O)NNCc1ccccc1. The zero-order chi connectivity index (χ0) is 12.1. The molecule has 0 radical (unpaired) electrons. The van der Waals surface area contributed by atoms with E-state index in [1.807, 2.05) is 30.3 Å². The Balaban J connectivity index is 1.84.